The number of Topliss-reactive ketones (excluding diaryl/α,β-unsaturated/α-hetero) is 1. The Kier molecular flexibility index (Phi) is 5.00. The summed E-state index contributed by atoms with van der Waals surface area (Å²) in [5, 5.41) is 0.943. The molecule has 0 radical (unpaired) electrons. The summed E-state index contributed by atoms with van der Waals surface area (Å²) in [6.07, 6.45) is 0. The van der Waals surface area contributed by atoms with E-state index in [-0.39, 0.29) is 18.3 Å². The number of benzene rings is 1. The molecular weight excluding hydrogens is 282 g/mol. The summed E-state index contributed by atoms with van der Waals surface area (Å²) in [6, 6.07) is 2.90. The van der Waals surface area contributed by atoms with Crippen LogP contribution in [0.15, 0.2) is 12.1 Å². The number of ketones is 1. The van der Waals surface area contributed by atoms with E-state index in [4.69, 9.17) is 51.1 Å². The van der Waals surface area contributed by atoms with Gasteiger partial charge in [-0.3, -0.25) is 4.79 Å². The highest BCUT2D eigenvalue weighted by Crippen LogP contribution is 2.33. The quantitative estimate of drug-likeness (QED) is 0.621. The number of carbonyl (C=O) groups is 1. The van der Waals surface area contributed by atoms with E-state index in [1.54, 1.807) is 0 Å². The highest BCUT2D eigenvalue weighted by molar-refractivity contribution is 6.43. The van der Waals surface area contributed by atoms with Crippen LogP contribution in [0.4, 0.5) is 0 Å². The van der Waals surface area contributed by atoms with Crippen molar-refractivity contribution in [2.45, 2.75) is 0 Å². The summed E-state index contributed by atoms with van der Waals surface area (Å²) in [5.74, 6) is -0.0257. The molecule has 0 aliphatic rings. The topological polar surface area (TPSA) is 26.3 Å². The van der Waals surface area contributed by atoms with Gasteiger partial charge in [-0.2, -0.15) is 0 Å². The Labute approximate surface area is 107 Å². The molecule has 0 N–H and O–H groups in total. The molecule has 0 unspecified atom stereocenters. The van der Waals surface area contributed by atoms with Crippen molar-refractivity contribution < 1.29 is 9.53 Å². The van der Waals surface area contributed by atoms with E-state index in [9.17, 15) is 4.79 Å². The van der Waals surface area contributed by atoms with Crippen molar-refractivity contribution in [2.24, 2.45) is 0 Å². The first kappa shape index (κ1) is 12.9. The first-order valence-corrected chi connectivity index (χ1v) is 5.56. The van der Waals surface area contributed by atoms with E-state index in [2.05, 4.69) is 0 Å². The zero-order valence-corrected chi connectivity index (χ0v) is 10.4. The molecule has 0 spiro atoms. The molecule has 0 aromatic heterocycles. The third kappa shape index (κ3) is 3.72. The van der Waals surface area contributed by atoms with Crippen LogP contribution in [0.5, 0.6) is 5.75 Å². The molecule has 6 heteroatoms. The van der Waals surface area contributed by atoms with E-state index >= 15 is 0 Å². The van der Waals surface area contributed by atoms with E-state index in [0.29, 0.717) is 20.8 Å². The van der Waals surface area contributed by atoms with Crippen LogP contribution in [0.3, 0.4) is 0 Å². The Morgan fingerprint density at radius 3 is 2.33 bits per heavy atom. The molecule has 0 fully saturated rings. The summed E-state index contributed by atoms with van der Waals surface area (Å²) < 4.78 is 5.12. The van der Waals surface area contributed by atoms with E-state index < -0.39 is 0 Å². The van der Waals surface area contributed by atoms with Crippen LogP contribution in [-0.2, 0) is 4.79 Å². The van der Waals surface area contributed by atoms with Gasteiger partial charge in [-0.25, -0.2) is 0 Å². The summed E-state index contributed by atoms with van der Waals surface area (Å²) in [6.45, 7) is -0.138. The molecule has 0 bridgehead atoms. The molecule has 1 aromatic carbocycles. The zero-order valence-electron chi connectivity index (χ0n) is 7.40. The summed E-state index contributed by atoms with van der Waals surface area (Å²) in [4.78, 5) is 10.9. The highest BCUT2D eigenvalue weighted by Gasteiger charge is 2.08. The predicted octanol–water partition coefficient (Wildman–Crippen LogP) is 3.83. The maximum Gasteiger partial charge on any atom is 0.184 e. The van der Waals surface area contributed by atoms with Crippen LogP contribution in [0.25, 0.3) is 0 Å². The van der Waals surface area contributed by atoms with E-state index in [1.807, 2.05) is 0 Å². The van der Waals surface area contributed by atoms with Gasteiger partial charge in [0.2, 0.25) is 0 Å². The first-order valence-electron chi connectivity index (χ1n) is 3.89. The lowest BCUT2D eigenvalue weighted by molar-refractivity contribution is -0.118. The third-order valence-corrected chi connectivity index (χ3v) is 2.83. The van der Waals surface area contributed by atoms with Gasteiger partial charge in [-0.15, -0.1) is 11.6 Å². The van der Waals surface area contributed by atoms with Gasteiger partial charge in [-0.05, 0) is 6.07 Å². The Morgan fingerprint density at radius 2 is 1.73 bits per heavy atom. The van der Waals surface area contributed by atoms with Crippen molar-refractivity contribution in [3.63, 3.8) is 0 Å². The summed E-state index contributed by atoms with van der Waals surface area (Å²) >= 11 is 22.6. The predicted molar refractivity (Wildman–Crippen MR) is 62.7 cm³/mol. The van der Waals surface area contributed by atoms with Crippen LogP contribution in [0, 0.1) is 0 Å². The molecule has 82 valence electrons. The third-order valence-electron chi connectivity index (χ3n) is 1.51. The standard InChI is InChI=1S/C9H6Cl4O2/c10-3-5(14)4-15-9-2-7(12)6(11)1-8(9)13/h1-2H,3-4H2. The molecule has 0 saturated heterocycles. The van der Waals surface area contributed by atoms with Gasteiger partial charge < -0.3 is 4.74 Å². The molecule has 0 amide bonds. The van der Waals surface area contributed by atoms with E-state index in [1.165, 1.54) is 12.1 Å². The number of halogens is 4. The zero-order chi connectivity index (χ0) is 11.4. The van der Waals surface area contributed by atoms with Crippen molar-refractivity contribution in [1.82, 2.24) is 0 Å². The number of rotatable bonds is 4. The van der Waals surface area contributed by atoms with Gasteiger partial charge in [-0.1, -0.05) is 34.8 Å². The Bertz CT molecular complexity index is 379. The Balaban J connectivity index is 2.77. The van der Waals surface area contributed by atoms with Crippen LogP contribution in [0.1, 0.15) is 0 Å². The molecule has 1 aromatic rings. The van der Waals surface area contributed by atoms with Crippen LogP contribution < -0.4 is 4.74 Å². The minimum Gasteiger partial charge on any atom is -0.484 e. The lowest BCUT2D eigenvalue weighted by Crippen LogP contribution is -2.12. The molecule has 15 heavy (non-hydrogen) atoms. The van der Waals surface area contributed by atoms with Crippen LogP contribution >= 0.6 is 46.4 Å². The maximum atomic E-state index is 10.9. The smallest absolute Gasteiger partial charge is 0.184 e. The fourth-order valence-corrected chi connectivity index (χ4v) is 1.48. The van der Waals surface area contributed by atoms with Gasteiger partial charge in [0.05, 0.1) is 20.9 Å². The second-order valence-corrected chi connectivity index (χ2v) is 4.15. The minimum atomic E-state index is -0.237. The number of alkyl halides is 1. The van der Waals surface area contributed by atoms with Crippen molar-refractivity contribution >= 4 is 52.2 Å². The Morgan fingerprint density at radius 1 is 1.13 bits per heavy atom. The second kappa shape index (κ2) is 5.80. The van der Waals surface area contributed by atoms with Gasteiger partial charge in [0.15, 0.2) is 5.78 Å². The van der Waals surface area contributed by atoms with Crippen molar-refractivity contribution in [3.05, 3.63) is 27.2 Å². The molecule has 1 rings (SSSR count). The highest BCUT2D eigenvalue weighted by atomic mass is 35.5. The minimum absolute atomic E-state index is 0.0983. The SMILES string of the molecule is O=C(CCl)COc1cc(Cl)c(Cl)cc1Cl. The van der Waals surface area contributed by atoms with Gasteiger partial charge >= 0.3 is 0 Å². The molecule has 0 atom stereocenters. The average molecular weight is 288 g/mol. The van der Waals surface area contributed by atoms with Gasteiger partial charge in [0, 0.05) is 6.07 Å². The van der Waals surface area contributed by atoms with Gasteiger partial charge in [0.25, 0.3) is 0 Å². The Hall–Kier alpha value is -0.150. The fourth-order valence-electron chi connectivity index (χ4n) is 0.812. The maximum absolute atomic E-state index is 10.9. The van der Waals surface area contributed by atoms with Crippen molar-refractivity contribution in [1.29, 1.82) is 0 Å². The van der Waals surface area contributed by atoms with E-state index in [0.717, 1.165) is 0 Å². The summed E-state index contributed by atoms with van der Waals surface area (Å²) in [7, 11) is 0. The van der Waals surface area contributed by atoms with Gasteiger partial charge in [0.1, 0.15) is 12.4 Å². The molecule has 0 aliphatic heterocycles. The largest absolute Gasteiger partial charge is 0.484 e. The lowest BCUT2D eigenvalue weighted by Gasteiger charge is -2.07. The molecule has 2 nitrogen and oxygen atoms in total. The number of ether oxygens (including phenoxy) is 1. The molecular formula is C9H6Cl4O2. The molecule has 0 saturated carbocycles. The molecule has 0 heterocycles. The number of hydrogen-bond acceptors (Lipinski definition) is 2. The number of carbonyl (C=O) groups excluding carboxylic acids is 1. The fraction of sp³-hybridized carbons (Fsp3) is 0.222. The summed E-state index contributed by atoms with van der Waals surface area (Å²) in [5.41, 5.74) is 0. The molecule has 0 aliphatic carbocycles. The first-order chi connectivity index (χ1) is 7.04. The normalized spacial score (nSPS) is 10.1. The van der Waals surface area contributed by atoms with Crippen molar-refractivity contribution in [2.75, 3.05) is 12.5 Å². The van der Waals surface area contributed by atoms with Crippen LogP contribution in [-0.4, -0.2) is 18.3 Å². The monoisotopic (exact) mass is 286 g/mol. The van der Waals surface area contributed by atoms with Crippen molar-refractivity contribution in [3.8, 4) is 5.75 Å². The lowest BCUT2D eigenvalue weighted by atomic mass is 10.3. The second-order valence-electron chi connectivity index (χ2n) is 2.66. The number of hydrogen-bond donors (Lipinski definition) is 0. The van der Waals surface area contributed by atoms with Crippen LogP contribution in [0.2, 0.25) is 15.1 Å². The average Bonchev–Trinajstić information content (AvgIpc) is 2.21.